The van der Waals surface area contributed by atoms with Crippen LogP contribution in [0.4, 0.5) is 0 Å². The van der Waals surface area contributed by atoms with E-state index in [0.29, 0.717) is 29.8 Å². The average molecular weight is 307 g/mol. The number of methoxy groups -OCH3 is 1. The van der Waals surface area contributed by atoms with Gasteiger partial charge in [0.05, 0.1) is 19.3 Å². The lowest BCUT2D eigenvalue weighted by Gasteiger charge is -2.08. The average Bonchev–Trinajstić information content (AvgIpc) is 2.51. The lowest BCUT2D eigenvalue weighted by Crippen LogP contribution is -2.24. The van der Waals surface area contributed by atoms with Crippen LogP contribution in [-0.2, 0) is 0 Å². The number of hydrogen-bond acceptors (Lipinski definition) is 4. The van der Waals surface area contributed by atoms with Crippen molar-refractivity contribution in [2.75, 3.05) is 32.3 Å². The molecule has 1 rings (SSSR count). The third-order valence-electron chi connectivity index (χ3n) is 2.73. The molecule has 0 aromatic heterocycles. The topological polar surface area (TPSA) is 58.6 Å². The maximum Gasteiger partial charge on any atom is 0.251 e. The number of ether oxygens (including phenoxy) is 1. The minimum Gasteiger partial charge on any atom is -0.495 e. The largest absolute Gasteiger partial charge is 0.495 e. The number of hydrogen-bond donors (Lipinski definition) is 2. The van der Waals surface area contributed by atoms with Crippen molar-refractivity contribution >= 4 is 17.7 Å². The fourth-order valence-electron chi connectivity index (χ4n) is 1.68. The van der Waals surface area contributed by atoms with E-state index in [-0.39, 0.29) is 12.5 Å². The lowest BCUT2D eigenvalue weighted by molar-refractivity contribution is 0.0953. The van der Waals surface area contributed by atoms with E-state index in [9.17, 15) is 4.79 Å². The molecule has 114 valence electrons. The summed E-state index contributed by atoms with van der Waals surface area (Å²) in [5, 5.41) is 11.6. The van der Waals surface area contributed by atoms with Gasteiger partial charge in [-0.1, -0.05) is 11.8 Å². The smallest absolute Gasteiger partial charge is 0.251 e. The predicted molar refractivity (Wildman–Crippen MR) is 86.9 cm³/mol. The van der Waals surface area contributed by atoms with Crippen LogP contribution >= 0.6 is 11.8 Å². The Morgan fingerprint density at radius 3 is 2.95 bits per heavy atom. The number of carbonyl (C=O) groups excluding carboxylic acids is 1. The highest BCUT2D eigenvalue weighted by molar-refractivity contribution is 7.98. The molecule has 0 fully saturated rings. The zero-order valence-corrected chi connectivity index (χ0v) is 13.3. The van der Waals surface area contributed by atoms with Gasteiger partial charge in [-0.3, -0.25) is 4.79 Å². The Balaban J connectivity index is 2.77. The number of aliphatic hydroxyl groups is 1. The quantitative estimate of drug-likeness (QED) is 0.597. The van der Waals surface area contributed by atoms with Gasteiger partial charge in [0.15, 0.2) is 0 Å². The van der Waals surface area contributed by atoms with Gasteiger partial charge in [-0.2, -0.15) is 11.8 Å². The molecule has 0 heterocycles. The zero-order valence-electron chi connectivity index (χ0n) is 12.4. The van der Waals surface area contributed by atoms with Gasteiger partial charge in [-0.15, -0.1) is 0 Å². The molecule has 0 bridgehead atoms. The van der Waals surface area contributed by atoms with Crippen LogP contribution in [0, 0.1) is 11.8 Å². The van der Waals surface area contributed by atoms with Crippen molar-refractivity contribution in [1.82, 2.24) is 5.32 Å². The first-order valence-electron chi connectivity index (χ1n) is 6.77. The zero-order chi connectivity index (χ0) is 15.5. The van der Waals surface area contributed by atoms with Crippen molar-refractivity contribution in [3.05, 3.63) is 29.3 Å². The number of rotatable bonds is 7. The Bertz CT molecular complexity index is 520. The first-order chi connectivity index (χ1) is 10.2. The Kier molecular flexibility index (Phi) is 8.41. The molecule has 0 saturated carbocycles. The van der Waals surface area contributed by atoms with Crippen molar-refractivity contribution in [2.24, 2.45) is 0 Å². The second kappa shape index (κ2) is 10.1. The van der Waals surface area contributed by atoms with Gasteiger partial charge in [0.25, 0.3) is 5.91 Å². The summed E-state index contributed by atoms with van der Waals surface area (Å²) >= 11 is 1.76. The molecule has 0 atom stereocenters. The van der Waals surface area contributed by atoms with Crippen molar-refractivity contribution in [3.63, 3.8) is 0 Å². The molecule has 0 aliphatic rings. The Morgan fingerprint density at radius 1 is 1.48 bits per heavy atom. The molecule has 0 radical (unpaired) electrons. The highest BCUT2D eigenvalue weighted by Crippen LogP contribution is 2.19. The van der Waals surface area contributed by atoms with Crippen LogP contribution in [0.1, 0.15) is 28.8 Å². The van der Waals surface area contributed by atoms with E-state index in [1.807, 2.05) is 6.26 Å². The highest BCUT2D eigenvalue weighted by Gasteiger charge is 2.08. The molecule has 4 nitrogen and oxygen atoms in total. The number of carbonyl (C=O) groups is 1. The normalized spacial score (nSPS) is 9.67. The van der Waals surface area contributed by atoms with E-state index in [1.165, 1.54) is 0 Å². The summed E-state index contributed by atoms with van der Waals surface area (Å²) in [5.74, 6) is 7.30. The van der Waals surface area contributed by atoms with Gasteiger partial charge >= 0.3 is 0 Å². The molecule has 1 aromatic carbocycles. The second-order valence-corrected chi connectivity index (χ2v) is 5.28. The van der Waals surface area contributed by atoms with Crippen LogP contribution < -0.4 is 10.1 Å². The SMILES string of the molecule is COc1ccc(C(=O)NCCCSC)cc1C#CCCO. The standard InChI is InChI=1S/C16H21NO3S/c1-20-15-8-7-14(12-13(15)6-3-4-10-18)16(19)17-9-5-11-21-2/h7-8,12,18H,4-5,9-11H2,1-2H3,(H,17,19). The van der Waals surface area contributed by atoms with Crippen LogP contribution in [-0.4, -0.2) is 43.3 Å². The van der Waals surface area contributed by atoms with Crippen molar-refractivity contribution in [1.29, 1.82) is 0 Å². The fourth-order valence-corrected chi connectivity index (χ4v) is 2.11. The van der Waals surface area contributed by atoms with E-state index in [2.05, 4.69) is 17.2 Å². The number of amides is 1. The van der Waals surface area contributed by atoms with Crippen LogP contribution in [0.25, 0.3) is 0 Å². The molecule has 0 saturated heterocycles. The molecule has 5 heteroatoms. The Morgan fingerprint density at radius 2 is 2.29 bits per heavy atom. The number of thioether (sulfide) groups is 1. The van der Waals surface area contributed by atoms with Crippen LogP contribution in [0.15, 0.2) is 18.2 Å². The molecule has 0 spiro atoms. The monoisotopic (exact) mass is 307 g/mol. The van der Waals surface area contributed by atoms with Crippen LogP contribution in [0.3, 0.4) is 0 Å². The third kappa shape index (κ3) is 6.11. The summed E-state index contributed by atoms with van der Waals surface area (Å²) in [6.45, 7) is 0.683. The number of benzene rings is 1. The van der Waals surface area contributed by atoms with Crippen molar-refractivity contribution in [2.45, 2.75) is 12.8 Å². The Hall–Kier alpha value is -1.64. The summed E-state index contributed by atoms with van der Waals surface area (Å²) in [5.41, 5.74) is 1.22. The maximum absolute atomic E-state index is 12.0. The molecule has 0 aliphatic carbocycles. The van der Waals surface area contributed by atoms with Gasteiger partial charge in [-0.05, 0) is 36.6 Å². The van der Waals surface area contributed by atoms with Gasteiger partial charge in [0, 0.05) is 18.5 Å². The third-order valence-corrected chi connectivity index (χ3v) is 3.43. The lowest BCUT2D eigenvalue weighted by atomic mass is 10.1. The molecule has 1 amide bonds. The van der Waals surface area contributed by atoms with E-state index in [4.69, 9.17) is 9.84 Å². The van der Waals surface area contributed by atoms with Gasteiger partial charge in [0.2, 0.25) is 0 Å². The molecule has 1 aromatic rings. The molecule has 21 heavy (non-hydrogen) atoms. The summed E-state index contributed by atoms with van der Waals surface area (Å²) in [7, 11) is 1.56. The number of aliphatic hydroxyl groups excluding tert-OH is 1. The van der Waals surface area contributed by atoms with Crippen molar-refractivity contribution in [3.8, 4) is 17.6 Å². The molecular formula is C16H21NO3S. The van der Waals surface area contributed by atoms with Crippen molar-refractivity contribution < 1.29 is 14.6 Å². The van der Waals surface area contributed by atoms with Crippen LogP contribution in [0.2, 0.25) is 0 Å². The van der Waals surface area contributed by atoms with E-state index in [0.717, 1.165) is 12.2 Å². The molecule has 0 unspecified atom stereocenters. The Labute approximate surface area is 130 Å². The van der Waals surface area contributed by atoms with Crippen LogP contribution in [0.5, 0.6) is 5.75 Å². The molecular weight excluding hydrogens is 286 g/mol. The highest BCUT2D eigenvalue weighted by atomic mass is 32.2. The summed E-state index contributed by atoms with van der Waals surface area (Å²) in [6, 6.07) is 5.17. The van der Waals surface area contributed by atoms with Gasteiger partial charge in [-0.25, -0.2) is 0 Å². The second-order valence-electron chi connectivity index (χ2n) is 4.29. The first-order valence-corrected chi connectivity index (χ1v) is 8.17. The summed E-state index contributed by atoms with van der Waals surface area (Å²) in [4.78, 5) is 12.0. The predicted octanol–water partition coefficient (Wildman–Crippen LogP) is 1.91. The minimum absolute atomic E-state index is 0.0188. The molecule has 2 N–H and O–H groups in total. The summed E-state index contributed by atoms with van der Waals surface area (Å²) < 4.78 is 5.22. The minimum atomic E-state index is -0.107. The van der Waals surface area contributed by atoms with E-state index in [1.54, 1.807) is 37.1 Å². The fraction of sp³-hybridized carbons (Fsp3) is 0.438. The molecule has 0 aliphatic heterocycles. The van der Waals surface area contributed by atoms with E-state index < -0.39 is 0 Å². The first kappa shape index (κ1) is 17.4. The summed E-state index contributed by atoms with van der Waals surface area (Å²) in [6.07, 6.45) is 3.39. The number of nitrogens with one attached hydrogen (secondary N) is 1. The van der Waals surface area contributed by atoms with Gasteiger partial charge < -0.3 is 15.2 Å². The maximum atomic E-state index is 12.0. The van der Waals surface area contributed by atoms with Gasteiger partial charge in [0.1, 0.15) is 5.75 Å². The van der Waals surface area contributed by atoms with E-state index >= 15 is 0 Å².